The molecule has 0 saturated heterocycles. The van der Waals surface area contributed by atoms with Crippen LogP contribution in [-0.2, 0) is 16.4 Å². The second-order valence-electron chi connectivity index (χ2n) is 3.04. The summed E-state index contributed by atoms with van der Waals surface area (Å²) in [5, 5.41) is 0. The fraction of sp³-hybridized carbons (Fsp3) is 0.500. The standard InChI is InChI=1S/C8H13N3O2S/c1-3-4-7-5-9-8(10-6-7)11-14(2,12)13/h5-6H,3-4H2,1-2H3,(H,9,10,11). The lowest BCUT2D eigenvalue weighted by molar-refractivity contribution is 0.606. The molecule has 0 bridgehead atoms. The average Bonchev–Trinajstić information content (AvgIpc) is 2.06. The second kappa shape index (κ2) is 4.36. The van der Waals surface area contributed by atoms with E-state index in [0.29, 0.717) is 0 Å². The van der Waals surface area contributed by atoms with Gasteiger partial charge >= 0.3 is 0 Å². The van der Waals surface area contributed by atoms with Crippen molar-refractivity contribution in [1.29, 1.82) is 0 Å². The number of rotatable bonds is 4. The molecule has 1 aromatic heterocycles. The van der Waals surface area contributed by atoms with Crippen molar-refractivity contribution in [3.05, 3.63) is 18.0 Å². The molecule has 0 atom stereocenters. The van der Waals surface area contributed by atoms with Crippen LogP contribution in [0.3, 0.4) is 0 Å². The third-order valence-corrected chi connectivity index (χ3v) is 2.07. The van der Waals surface area contributed by atoms with Crippen LogP contribution in [0.25, 0.3) is 0 Å². The van der Waals surface area contributed by atoms with E-state index in [9.17, 15) is 8.42 Å². The van der Waals surface area contributed by atoms with Crippen LogP contribution < -0.4 is 4.72 Å². The fourth-order valence-electron chi connectivity index (χ4n) is 0.991. The highest BCUT2D eigenvalue weighted by molar-refractivity contribution is 7.91. The molecular weight excluding hydrogens is 202 g/mol. The van der Waals surface area contributed by atoms with Crippen molar-refractivity contribution in [2.75, 3.05) is 11.0 Å². The number of aryl methyl sites for hydroxylation is 1. The first-order valence-corrected chi connectivity index (χ1v) is 6.19. The molecule has 0 aliphatic rings. The van der Waals surface area contributed by atoms with Gasteiger partial charge in [-0.1, -0.05) is 13.3 Å². The lowest BCUT2D eigenvalue weighted by Crippen LogP contribution is -2.12. The van der Waals surface area contributed by atoms with E-state index in [1.807, 2.05) is 0 Å². The highest BCUT2D eigenvalue weighted by Crippen LogP contribution is 2.03. The summed E-state index contributed by atoms with van der Waals surface area (Å²) in [5.74, 6) is 0.118. The summed E-state index contributed by atoms with van der Waals surface area (Å²) in [6.45, 7) is 2.06. The number of nitrogens with zero attached hydrogens (tertiary/aromatic N) is 2. The average molecular weight is 215 g/mol. The predicted molar refractivity (Wildman–Crippen MR) is 54.5 cm³/mol. The SMILES string of the molecule is CCCc1cnc(NS(C)(=O)=O)nc1. The second-order valence-corrected chi connectivity index (χ2v) is 4.79. The van der Waals surface area contributed by atoms with Gasteiger partial charge in [0.2, 0.25) is 16.0 Å². The number of aromatic nitrogens is 2. The van der Waals surface area contributed by atoms with E-state index in [2.05, 4.69) is 21.6 Å². The molecule has 0 amide bonds. The van der Waals surface area contributed by atoms with E-state index in [1.54, 1.807) is 12.4 Å². The van der Waals surface area contributed by atoms with Crippen molar-refractivity contribution >= 4 is 16.0 Å². The Hall–Kier alpha value is -1.17. The van der Waals surface area contributed by atoms with Gasteiger partial charge in [-0.25, -0.2) is 18.4 Å². The molecule has 0 fully saturated rings. The number of hydrogen-bond donors (Lipinski definition) is 1. The monoisotopic (exact) mass is 215 g/mol. The van der Waals surface area contributed by atoms with Crippen LogP contribution in [0.15, 0.2) is 12.4 Å². The van der Waals surface area contributed by atoms with Gasteiger partial charge in [0.05, 0.1) is 6.26 Å². The zero-order valence-electron chi connectivity index (χ0n) is 8.19. The van der Waals surface area contributed by atoms with E-state index < -0.39 is 10.0 Å². The van der Waals surface area contributed by atoms with Crippen molar-refractivity contribution in [2.24, 2.45) is 0 Å². The van der Waals surface area contributed by atoms with Crippen molar-refractivity contribution < 1.29 is 8.42 Å². The highest BCUT2D eigenvalue weighted by atomic mass is 32.2. The molecule has 1 aromatic rings. The van der Waals surface area contributed by atoms with Crippen molar-refractivity contribution in [1.82, 2.24) is 9.97 Å². The molecule has 1 heterocycles. The van der Waals surface area contributed by atoms with Gasteiger partial charge < -0.3 is 0 Å². The van der Waals surface area contributed by atoms with Crippen LogP contribution >= 0.6 is 0 Å². The maximum atomic E-state index is 10.8. The predicted octanol–water partition coefficient (Wildman–Crippen LogP) is 0.801. The van der Waals surface area contributed by atoms with E-state index in [-0.39, 0.29) is 5.95 Å². The van der Waals surface area contributed by atoms with E-state index in [1.165, 1.54) is 0 Å². The Morgan fingerprint density at radius 3 is 2.36 bits per heavy atom. The van der Waals surface area contributed by atoms with Gasteiger partial charge in [0.15, 0.2) is 0 Å². The molecule has 6 heteroatoms. The van der Waals surface area contributed by atoms with E-state index in [0.717, 1.165) is 24.7 Å². The molecule has 0 spiro atoms. The molecule has 0 unspecified atom stereocenters. The maximum absolute atomic E-state index is 10.8. The van der Waals surface area contributed by atoms with Crippen LogP contribution in [0.2, 0.25) is 0 Å². The summed E-state index contributed by atoms with van der Waals surface area (Å²) >= 11 is 0. The summed E-state index contributed by atoms with van der Waals surface area (Å²) in [5.41, 5.74) is 1.01. The first-order chi connectivity index (χ1) is 6.51. The zero-order chi connectivity index (χ0) is 10.6. The molecule has 0 radical (unpaired) electrons. The molecule has 1 N–H and O–H groups in total. The third kappa shape index (κ3) is 3.69. The Bertz CT molecular complexity index is 386. The Kier molecular flexibility index (Phi) is 3.40. The maximum Gasteiger partial charge on any atom is 0.236 e. The van der Waals surface area contributed by atoms with Gasteiger partial charge in [-0.2, -0.15) is 0 Å². The largest absolute Gasteiger partial charge is 0.251 e. The fourth-order valence-corrected chi connectivity index (χ4v) is 1.43. The lowest BCUT2D eigenvalue weighted by atomic mass is 10.2. The molecule has 0 aliphatic carbocycles. The number of hydrogen-bond acceptors (Lipinski definition) is 4. The minimum atomic E-state index is -3.28. The Balaban J connectivity index is 2.74. The Labute approximate surface area is 83.6 Å². The van der Waals surface area contributed by atoms with Crippen LogP contribution in [-0.4, -0.2) is 24.6 Å². The molecule has 5 nitrogen and oxygen atoms in total. The van der Waals surface area contributed by atoms with Gasteiger partial charge in [0, 0.05) is 12.4 Å². The smallest absolute Gasteiger partial charge is 0.236 e. The summed E-state index contributed by atoms with van der Waals surface area (Å²) in [6, 6.07) is 0. The van der Waals surface area contributed by atoms with Crippen LogP contribution in [0.5, 0.6) is 0 Å². The molecule has 0 aromatic carbocycles. The first kappa shape index (κ1) is 10.9. The Morgan fingerprint density at radius 2 is 1.93 bits per heavy atom. The van der Waals surface area contributed by atoms with Crippen LogP contribution in [0.4, 0.5) is 5.95 Å². The summed E-state index contributed by atoms with van der Waals surface area (Å²) in [6.07, 6.45) is 6.24. The normalized spacial score (nSPS) is 11.3. The molecule has 14 heavy (non-hydrogen) atoms. The quantitative estimate of drug-likeness (QED) is 0.806. The molecule has 78 valence electrons. The minimum Gasteiger partial charge on any atom is -0.251 e. The molecular formula is C8H13N3O2S. The number of anilines is 1. The van der Waals surface area contributed by atoms with Gasteiger partial charge in [0.1, 0.15) is 0 Å². The number of nitrogens with one attached hydrogen (secondary N) is 1. The van der Waals surface area contributed by atoms with Gasteiger partial charge in [0.25, 0.3) is 0 Å². The molecule has 0 aliphatic heterocycles. The first-order valence-electron chi connectivity index (χ1n) is 4.30. The van der Waals surface area contributed by atoms with E-state index in [4.69, 9.17) is 0 Å². The molecule has 0 saturated carbocycles. The summed E-state index contributed by atoms with van der Waals surface area (Å²) in [7, 11) is -3.28. The van der Waals surface area contributed by atoms with Crippen LogP contribution in [0, 0.1) is 0 Å². The number of sulfonamides is 1. The van der Waals surface area contributed by atoms with Gasteiger partial charge in [-0.15, -0.1) is 0 Å². The zero-order valence-corrected chi connectivity index (χ0v) is 9.00. The molecule has 1 rings (SSSR count). The summed E-state index contributed by atoms with van der Waals surface area (Å²) < 4.78 is 23.8. The lowest BCUT2D eigenvalue weighted by Gasteiger charge is -2.02. The van der Waals surface area contributed by atoms with Crippen molar-refractivity contribution in [2.45, 2.75) is 19.8 Å². The topological polar surface area (TPSA) is 72.0 Å². The summed E-state index contributed by atoms with van der Waals surface area (Å²) in [4.78, 5) is 7.76. The van der Waals surface area contributed by atoms with Crippen molar-refractivity contribution in [3.8, 4) is 0 Å². The van der Waals surface area contributed by atoms with E-state index >= 15 is 0 Å². The third-order valence-electron chi connectivity index (χ3n) is 1.52. The highest BCUT2D eigenvalue weighted by Gasteiger charge is 2.03. The minimum absolute atomic E-state index is 0.118. The van der Waals surface area contributed by atoms with Crippen molar-refractivity contribution in [3.63, 3.8) is 0 Å². The van der Waals surface area contributed by atoms with Gasteiger partial charge in [-0.05, 0) is 12.0 Å². The van der Waals surface area contributed by atoms with Gasteiger partial charge in [-0.3, -0.25) is 4.72 Å². The Morgan fingerprint density at radius 1 is 1.36 bits per heavy atom. The van der Waals surface area contributed by atoms with Crippen LogP contribution in [0.1, 0.15) is 18.9 Å².